The number of aromatic nitrogens is 4. The normalized spacial score (nSPS) is 18.3. The summed E-state index contributed by atoms with van der Waals surface area (Å²) in [5, 5.41) is 20.2. The highest BCUT2D eigenvalue weighted by atomic mass is 16.7. The third-order valence-corrected chi connectivity index (χ3v) is 5.79. The Kier molecular flexibility index (Phi) is 4.76. The van der Waals surface area contributed by atoms with Gasteiger partial charge in [0.2, 0.25) is 0 Å². The number of fused-ring (bicyclic) bond motifs is 1. The molecule has 1 aromatic carbocycles. The molecule has 0 bridgehead atoms. The van der Waals surface area contributed by atoms with Crippen LogP contribution in [0.2, 0.25) is 0 Å². The monoisotopic (exact) mass is 412 g/mol. The SMILES string of the molecule is COc1nn(CC(C)(C)O)cc1-n1cc2c(B3OC(C)(C)C(C)(C)O3)cccc2n1. The molecule has 1 aliphatic heterocycles. The summed E-state index contributed by atoms with van der Waals surface area (Å²) in [5.74, 6) is 0.434. The number of hydrogen-bond donors (Lipinski definition) is 1. The Balaban J connectivity index is 1.75. The second kappa shape index (κ2) is 6.83. The molecule has 0 saturated carbocycles. The van der Waals surface area contributed by atoms with Gasteiger partial charge in [-0.3, -0.25) is 4.68 Å². The average Bonchev–Trinajstić information content (AvgIpc) is 3.26. The molecule has 3 heterocycles. The Hall–Kier alpha value is -2.36. The smallest absolute Gasteiger partial charge is 0.478 e. The highest BCUT2D eigenvalue weighted by Gasteiger charge is 2.52. The second-order valence-corrected chi connectivity index (χ2v) is 9.48. The molecule has 0 atom stereocenters. The average molecular weight is 412 g/mol. The molecule has 4 rings (SSSR count). The minimum atomic E-state index is -0.896. The molecular formula is C21H29BN4O4. The molecule has 0 aliphatic carbocycles. The maximum atomic E-state index is 10.1. The molecule has 2 aromatic heterocycles. The van der Waals surface area contributed by atoms with E-state index < -0.39 is 23.9 Å². The first kappa shape index (κ1) is 20.9. The predicted octanol–water partition coefficient (Wildman–Crippen LogP) is 2.30. The fraction of sp³-hybridized carbons (Fsp3) is 0.524. The number of rotatable bonds is 5. The van der Waals surface area contributed by atoms with Crippen molar-refractivity contribution in [2.45, 2.75) is 64.9 Å². The molecule has 0 unspecified atom stereocenters. The topological polar surface area (TPSA) is 83.6 Å². The van der Waals surface area contributed by atoms with Gasteiger partial charge in [0, 0.05) is 11.6 Å². The van der Waals surface area contributed by atoms with Gasteiger partial charge in [-0.25, -0.2) is 4.68 Å². The van der Waals surface area contributed by atoms with Crippen molar-refractivity contribution in [1.29, 1.82) is 0 Å². The summed E-state index contributed by atoms with van der Waals surface area (Å²) in [6.45, 7) is 12.0. The molecule has 8 nitrogen and oxygen atoms in total. The van der Waals surface area contributed by atoms with Crippen LogP contribution >= 0.6 is 0 Å². The first-order valence-electron chi connectivity index (χ1n) is 10.1. The third-order valence-electron chi connectivity index (χ3n) is 5.79. The number of hydrogen-bond acceptors (Lipinski definition) is 6. The zero-order valence-electron chi connectivity index (χ0n) is 18.6. The van der Waals surface area contributed by atoms with Crippen LogP contribution in [-0.4, -0.2) is 55.7 Å². The van der Waals surface area contributed by atoms with Crippen molar-refractivity contribution in [2.24, 2.45) is 0 Å². The zero-order valence-corrected chi connectivity index (χ0v) is 18.6. The lowest BCUT2D eigenvalue weighted by atomic mass is 9.77. The molecule has 0 radical (unpaired) electrons. The van der Waals surface area contributed by atoms with Gasteiger partial charge in [0.1, 0.15) is 5.69 Å². The molecule has 0 spiro atoms. The van der Waals surface area contributed by atoms with Crippen molar-refractivity contribution in [3.63, 3.8) is 0 Å². The number of benzene rings is 1. The molecule has 0 amide bonds. The Labute approximate surface area is 176 Å². The van der Waals surface area contributed by atoms with Gasteiger partial charge in [-0.15, -0.1) is 5.10 Å². The van der Waals surface area contributed by atoms with Crippen LogP contribution in [0.5, 0.6) is 5.88 Å². The van der Waals surface area contributed by atoms with Gasteiger partial charge in [-0.2, -0.15) is 5.10 Å². The van der Waals surface area contributed by atoms with E-state index in [1.165, 1.54) is 0 Å². The van der Waals surface area contributed by atoms with Crippen LogP contribution in [0, 0.1) is 0 Å². The van der Waals surface area contributed by atoms with E-state index in [0.29, 0.717) is 18.1 Å². The summed E-state index contributed by atoms with van der Waals surface area (Å²) in [4.78, 5) is 0. The van der Waals surface area contributed by atoms with Gasteiger partial charge in [-0.1, -0.05) is 12.1 Å². The van der Waals surface area contributed by atoms with E-state index in [-0.39, 0.29) is 0 Å². The Morgan fingerprint density at radius 1 is 1.10 bits per heavy atom. The van der Waals surface area contributed by atoms with E-state index in [1.807, 2.05) is 58.3 Å². The van der Waals surface area contributed by atoms with E-state index in [9.17, 15) is 5.11 Å². The maximum Gasteiger partial charge on any atom is 0.495 e. The van der Waals surface area contributed by atoms with Crippen LogP contribution in [-0.2, 0) is 15.9 Å². The van der Waals surface area contributed by atoms with Crippen molar-refractivity contribution in [1.82, 2.24) is 19.6 Å². The van der Waals surface area contributed by atoms with E-state index in [1.54, 1.807) is 30.3 Å². The van der Waals surface area contributed by atoms with Gasteiger partial charge >= 0.3 is 7.12 Å². The Bertz CT molecular complexity index is 1060. The molecule has 1 aliphatic rings. The van der Waals surface area contributed by atoms with E-state index in [0.717, 1.165) is 16.4 Å². The lowest BCUT2D eigenvalue weighted by Gasteiger charge is -2.32. The molecule has 1 fully saturated rings. The fourth-order valence-electron chi connectivity index (χ4n) is 3.54. The Morgan fingerprint density at radius 2 is 1.77 bits per heavy atom. The lowest BCUT2D eigenvalue weighted by Crippen LogP contribution is -2.41. The van der Waals surface area contributed by atoms with Crippen LogP contribution in [0.25, 0.3) is 16.6 Å². The van der Waals surface area contributed by atoms with Crippen LogP contribution in [0.3, 0.4) is 0 Å². The molecule has 9 heteroatoms. The summed E-state index contributed by atoms with van der Waals surface area (Å²) in [6.07, 6.45) is 3.75. The molecule has 1 N–H and O–H groups in total. The first-order valence-corrected chi connectivity index (χ1v) is 10.1. The zero-order chi connectivity index (χ0) is 21.9. The summed E-state index contributed by atoms with van der Waals surface area (Å²) < 4.78 is 21.4. The minimum Gasteiger partial charge on any atom is -0.478 e. The maximum absolute atomic E-state index is 10.1. The highest BCUT2D eigenvalue weighted by molar-refractivity contribution is 6.65. The first-order chi connectivity index (χ1) is 13.9. The van der Waals surface area contributed by atoms with Gasteiger partial charge in [0.25, 0.3) is 5.88 Å². The molecule has 1 saturated heterocycles. The van der Waals surface area contributed by atoms with Crippen LogP contribution < -0.4 is 10.2 Å². The van der Waals surface area contributed by atoms with E-state index in [4.69, 9.17) is 19.1 Å². The van der Waals surface area contributed by atoms with Gasteiger partial charge in [0.05, 0.1) is 42.2 Å². The lowest BCUT2D eigenvalue weighted by molar-refractivity contribution is 0.00578. The summed E-state index contributed by atoms with van der Waals surface area (Å²) in [6, 6.07) is 5.91. The fourth-order valence-corrected chi connectivity index (χ4v) is 3.54. The number of nitrogens with zero attached hydrogens (tertiary/aromatic N) is 4. The standard InChI is InChI=1S/C21H29BN4O4/c1-19(2,27)13-25-12-17(18(24-25)28-7)26-11-14-15(9-8-10-16(14)23-26)22-29-20(3,4)21(5,6)30-22/h8-12,27H,13H2,1-7H3. The van der Waals surface area contributed by atoms with Crippen molar-refractivity contribution in [3.05, 3.63) is 30.6 Å². The van der Waals surface area contributed by atoms with Crippen molar-refractivity contribution >= 4 is 23.5 Å². The van der Waals surface area contributed by atoms with E-state index >= 15 is 0 Å². The molecule has 3 aromatic rings. The van der Waals surface area contributed by atoms with Gasteiger partial charge < -0.3 is 19.2 Å². The van der Waals surface area contributed by atoms with Crippen LogP contribution in [0.4, 0.5) is 0 Å². The summed E-state index contributed by atoms with van der Waals surface area (Å²) in [5.41, 5.74) is 0.708. The van der Waals surface area contributed by atoms with Crippen LogP contribution in [0.15, 0.2) is 30.6 Å². The van der Waals surface area contributed by atoms with Gasteiger partial charge in [0.15, 0.2) is 0 Å². The highest BCUT2D eigenvalue weighted by Crippen LogP contribution is 2.37. The number of ether oxygens (including phenoxy) is 1. The van der Waals surface area contributed by atoms with Crippen molar-refractivity contribution in [2.75, 3.05) is 7.11 Å². The molecular weight excluding hydrogens is 383 g/mol. The largest absolute Gasteiger partial charge is 0.495 e. The van der Waals surface area contributed by atoms with E-state index in [2.05, 4.69) is 5.10 Å². The number of methoxy groups -OCH3 is 1. The van der Waals surface area contributed by atoms with Crippen molar-refractivity contribution < 1.29 is 19.2 Å². The van der Waals surface area contributed by atoms with Crippen LogP contribution in [0.1, 0.15) is 41.5 Å². The number of aliphatic hydroxyl groups is 1. The Morgan fingerprint density at radius 3 is 2.37 bits per heavy atom. The summed E-state index contributed by atoms with van der Waals surface area (Å²) in [7, 11) is 1.09. The minimum absolute atomic E-state index is 0.337. The summed E-state index contributed by atoms with van der Waals surface area (Å²) >= 11 is 0. The third kappa shape index (κ3) is 3.61. The second-order valence-electron chi connectivity index (χ2n) is 9.48. The molecule has 30 heavy (non-hydrogen) atoms. The predicted molar refractivity (Wildman–Crippen MR) is 115 cm³/mol. The van der Waals surface area contributed by atoms with Crippen molar-refractivity contribution in [3.8, 4) is 11.6 Å². The van der Waals surface area contributed by atoms with Gasteiger partial charge in [-0.05, 0) is 53.1 Å². The quantitative estimate of drug-likeness (QED) is 0.648. The molecule has 160 valence electrons.